The minimum absolute atomic E-state index is 0.0770. The number of nitrogens with one attached hydrogen (secondary N) is 1. The zero-order valence-corrected chi connectivity index (χ0v) is 10.5. The highest BCUT2D eigenvalue weighted by Crippen LogP contribution is 2.00. The Morgan fingerprint density at radius 2 is 2.17 bits per heavy atom. The predicted octanol–water partition coefficient (Wildman–Crippen LogP) is 0.654. The van der Waals surface area contributed by atoms with Gasteiger partial charge in [-0.05, 0) is 13.8 Å². The summed E-state index contributed by atoms with van der Waals surface area (Å²) in [4.78, 5) is 24.0. The third-order valence-electron chi connectivity index (χ3n) is 2.30. The molecule has 2 unspecified atom stereocenters. The minimum atomic E-state index is -1.18. The number of rotatable bonds is 6. The van der Waals surface area contributed by atoms with E-state index in [1.165, 1.54) is 4.90 Å². The standard InChI is InChI=1S/C12H17N3O3/c1-4-6-10(11(16)17)14-12(18)15(5-2)8-9(3)7-13/h1,9-10H,5-6,8H2,2-3H3,(H,14,18)(H,16,17). The van der Waals surface area contributed by atoms with Crippen molar-refractivity contribution in [3.05, 3.63) is 0 Å². The van der Waals surface area contributed by atoms with E-state index in [0.29, 0.717) is 6.54 Å². The Labute approximate surface area is 107 Å². The largest absolute Gasteiger partial charge is 0.480 e. The molecule has 2 N–H and O–H groups in total. The van der Waals surface area contributed by atoms with Gasteiger partial charge in [0.2, 0.25) is 0 Å². The average Bonchev–Trinajstić information content (AvgIpc) is 2.34. The fourth-order valence-electron chi connectivity index (χ4n) is 1.29. The van der Waals surface area contributed by atoms with Gasteiger partial charge >= 0.3 is 12.0 Å². The van der Waals surface area contributed by atoms with Crippen molar-refractivity contribution in [2.75, 3.05) is 13.1 Å². The Kier molecular flexibility index (Phi) is 6.99. The summed E-state index contributed by atoms with van der Waals surface area (Å²) < 4.78 is 0. The Morgan fingerprint density at radius 3 is 2.56 bits per heavy atom. The van der Waals surface area contributed by atoms with Crippen LogP contribution >= 0.6 is 0 Å². The topological polar surface area (TPSA) is 93.4 Å². The molecule has 0 aromatic rings. The van der Waals surface area contributed by atoms with Crippen molar-refractivity contribution in [3.8, 4) is 18.4 Å². The first-order valence-corrected chi connectivity index (χ1v) is 5.57. The highest BCUT2D eigenvalue weighted by Gasteiger charge is 2.22. The summed E-state index contributed by atoms with van der Waals surface area (Å²) in [6, 6.07) is 0.387. The molecule has 6 nitrogen and oxygen atoms in total. The van der Waals surface area contributed by atoms with Crippen LogP contribution in [0, 0.1) is 29.6 Å². The number of carboxylic acids is 1. The highest BCUT2D eigenvalue weighted by molar-refractivity contribution is 5.82. The highest BCUT2D eigenvalue weighted by atomic mass is 16.4. The number of aliphatic carboxylic acids is 1. The van der Waals surface area contributed by atoms with Crippen LogP contribution < -0.4 is 5.32 Å². The molecule has 0 aliphatic carbocycles. The van der Waals surface area contributed by atoms with Gasteiger partial charge in [-0.2, -0.15) is 5.26 Å². The van der Waals surface area contributed by atoms with Crippen molar-refractivity contribution in [1.29, 1.82) is 5.26 Å². The van der Waals surface area contributed by atoms with Gasteiger partial charge in [0.15, 0.2) is 0 Å². The number of carboxylic acid groups (broad SMARTS) is 1. The Balaban J connectivity index is 4.56. The van der Waals surface area contributed by atoms with Gasteiger partial charge < -0.3 is 15.3 Å². The number of terminal acetylenes is 1. The molecule has 98 valence electrons. The van der Waals surface area contributed by atoms with Crippen LogP contribution in [-0.4, -0.2) is 41.1 Å². The van der Waals surface area contributed by atoms with E-state index in [1.807, 2.05) is 6.07 Å². The van der Waals surface area contributed by atoms with Crippen molar-refractivity contribution in [2.45, 2.75) is 26.3 Å². The fourth-order valence-corrected chi connectivity index (χ4v) is 1.29. The molecule has 0 aliphatic rings. The first kappa shape index (κ1) is 15.8. The van der Waals surface area contributed by atoms with Crippen LogP contribution in [0.25, 0.3) is 0 Å². The summed E-state index contributed by atoms with van der Waals surface area (Å²) >= 11 is 0. The fraction of sp³-hybridized carbons (Fsp3) is 0.583. The molecule has 0 aromatic heterocycles. The lowest BCUT2D eigenvalue weighted by molar-refractivity contribution is -0.139. The first-order valence-electron chi connectivity index (χ1n) is 5.57. The van der Waals surface area contributed by atoms with Crippen LogP contribution in [0.5, 0.6) is 0 Å². The average molecular weight is 251 g/mol. The smallest absolute Gasteiger partial charge is 0.327 e. The molecule has 6 heteroatoms. The first-order chi connectivity index (χ1) is 8.46. The molecule has 0 saturated carbocycles. The molecule has 0 radical (unpaired) electrons. The van der Waals surface area contributed by atoms with Crippen LogP contribution in [0.1, 0.15) is 20.3 Å². The summed E-state index contributed by atoms with van der Waals surface area (Å²) in [7, 11) is 0. The summed E-state index contributed by atoms with van der Waals surface area (Å²) in [6.45, 7) is 4.08. The van der Waals surface area contributed by atoms with Gasteiger partial charge in [0.25, 0.3) is 0 Å². The molecule has 0 spiro atoms. The van der Waals surface area contributed by atoms with Gasteiger partial charge in [0.05, 0.1) is 12.0 Å². The third kappa shape index (κ3) is 5.22. The Bertz CT molecular complexity index is 381. The zero-order valence-electron chi connectivity index (χ0n) is 10.5. The quantitative estimate of drug-likeness (QED) is 0.678. The summed E-state index contributed by atoms with van der Waals surface area (Å²) in [5, 5.41) is 19.9. The summed E-state index contributed by atoms with van der Waals surface area (Å²) in [5.41, 5.74) is 0. The van der Waals surface area contributed by atoms with E-state index in [9.17, 15) is 9.59 Å². The second-order valence-corrected chi connectivity index (χ2v) is 3.82. The van der Waals surface area contributed by atoms with Crippen LogP contribution in [-0.2, 0) is 4.79 Å². The van der Waals surface area contributed by atoms with Crippen molar-refractivity contribution in [1.82, 2.24) is 10.2 Å². The molecule has 2 amide bonds. The number of nitrogens with zero attached hydrogens (tertiary/aromatic N) is 2. The van der Waals surface area contributed by atoms with E-state index in [2.05, 4.69) is 11.2 Å². The van der Waals surface area contributed by atoms with E-state index in [4.69, 9.17) is 16.8 Å². The molecule has 0 fully saturated rings. The van der Waals surface area contributed by atoms with Gasteiger partial charge in [-0.25, -0.2) is 9.59 Å². The van der Waals surface area contributed by atoms with Crippen molar-refractivity contribution in [3.63, 3.8) is 0 Å². The van der Waals surface area contributed by atoms with Crippen molar-refractivity contribution in [2.24, 2.45) is 5.92 Å². The van der Waals surface area contributed by atoms with E-state index in [0.717, 1.165) is 0 Å². The van der Waals surface area contributed by atoms with Crippen LogP contribution in [0.15, 0.2) is 0 Å². The SMILES string of the molecule is C#CCC(NC(=O)N(CC)CC(C)C#N)C(=O)O. The lowest BCUT2D eigenvalue weighted by Crippen LogP contribution is -2.48. The third-order valence-corrected chi connectivity index (χ3v) is 2.30. The van der Waals surface area contributed by atoms with E-state index < -0.39 is 18.0 Å². The number of carbonyl (C=O) groups is 2. The number of hydrogen-bond donors (Lipinski definition) is 2. The van der Waals surface area contributed by atoms with Crippen LogP contribution in [0.3, 0.4) is 0 Å². The summed E-state index contributed by atoms with van der Waals surface area (Å²) in [6.07, 6.45) is 4.96. The van der Waals surface area contributed by atoms with E-state index in [-0.39, 0.29) is 18.9 Å². The van der Waals surface area contributed by atoms with Crippen molar-refractivity contribution < 1.29 is 14.7 Å². The second-order valence-electron chi connectivity index (χ2n) is 3.82. The van der Waals surface area contributed by atoms with Gasteiger partial charge in [0.1, 0.15) is 6.04 Å². The van der Waals surface area contributed by atoms with E-state index in [1.54, 1.807) is 13.8 Å². The van der Waals surface area contributed by atoms with Crippen molar-refractivity contribution >= 4 is 12.0 Å². The molecule has 2 atom stereocenters. The molecule has 0 aliphatic heterocycles. The maximum atomic E-state index is 11.8. The van der Waals surface area contributed by atoms with Gasteiger partial charge in [0, 0.05) is 19.5 Å². The normalized spacial score (nSPS) is 12.7. The number of urea groups is 1. The lowest BCUT2D eigenvalue weighted by atomic mass is 10.2. The molecule has 0 aromatic carbocycles. The number of carbonyl (C=O) groups excluding carboxylic acids is 1. The number of hydrogen-bond acceptors (Lipinski definition) is 3. The van der Waals surface area contributed by atoms with E-state index >= 15 is 0 Å². The molecule has 18 heavy (non-hydrogen) atoms. The monoisotopic (exact) mass is 251 g/mol. The molecule has 0 bridgehead atoms. The lowest BCUT2D eigenvalue weighted by Gasteiger charge is -2.24. The second kappa shape index (κ2) is 7.97. The maximum Gasteiger partial charge on any atom is 0.327 e. The molecule has 0 rings (SSSR count). The molecular formula is C12H17N3O3. The van der Waals surface area contributed by atoms with Gasteiger partial charge in [-0.15, -0.1) is 12.3 Å². The van der Waals surface area contributed by atoms with Gasteiger partial charge in [-0.1, -0.05) is 0 Å². The van der Waals surface area contributed by atoms with Crippen LogP contribution in [0.2, 0.25) is 0 Å². The number of nitriles is 1. The maximum absolute atomic E-state index is 11.8. The predicted molar refractivity (Wildman–Crippen MR) is 65.4 cm³/mol. The Morgan fingerprint density at radius 1 is 1.56 bits per heavy atom. The number of amides is 2. The molecular weight excluding hydrogens is 234 g/mol. The summed E-state index contributed by atoms with van der Waals surface area (Å²) in [5.74, 6) is 0.708. The van der Waals surface area contributed by atoms with Gasteiger partial charge in [-0.3, -0.25) is 0 Å². The molecule has 0 heterocycles. The zero-order chi connectivity index (χ0) is 14.1. The Hall–Kier alpha value is -2.21. The van der Waals surface area contributed by atoms with Crippen LogP contribution in [0.4, 0.5) is 4.79 Å². The minimum Gasteiger partial charge on any atom is -0.480 e. The molecule has 0 saturated heterocycles.